The maximum Gasteiger partial charge on any atom is 0.340 e. The standard InChI is InChI=1S/C17H21F2NO/c1-2-3-4-5-6-7-10-13-17(18,19)16-20-14-11-8-9-12-15(14)21-16/h8-13H,2-7H2,1H3. The van der Waals surface area contributed by atoms with Crippen LogP contribution in [0.3, 0.4) is 0 Å². The Morgan fingerprint density at radius 3 is 2.67 bits per heavy atom. The van der Waals surface area contributed by atoms with E-state index < -0.39 is 11.8 Å². The molecule has 0 saturated carbocycles. The lowest BCUT2D eigenvalue weighted by molar-refractivity contribution is 0.0231. The molecule has 1 heterocycles. The molecule has 0 radical (unpaired) electrons. The topological polar surface area (TPSA) is 26.0 Å². The molecule has 0 fully saturated rings. The second-order valence-electron chi connectivity index (χ2n) is 5.21. The lowest BCUT2D eigenvalue weighted by atomic mass is 10.1. The Labute approximate surface area is 123 Å². The van der Waals surface area contributed by atoms with Crippen LogP contribution >= 0.6 is 0 Å². The molecule has 1 aromatic heterocycles. The van der Waals surface area contributed by atoms with Crippen molar-refractivity contribution >= 4 is 11.1 Å². The molecule has 0 unspecified atom stereocenters. The fraction of sp³-hybridized carbons (Fsp3) is 0.471. The summed E-state index contributed by atoms with van der Waals surface area (Å²) in [5, 5.41) is 0. The average molecular weight is 293 g/mol. The van der Waals surface area contributed by atoms with Gasteiger partial charge >= 0.3 is 5.92 Å². The molecule has 0 bridgehead atoms. The van der Waals surface area contributed by atoms with Crippen LogP contribution in [0.25, 0.3) is 11.1 Å². The second kappa shape index (κ2) is 7.34. The van der Waals surface area contributed by atoms with Gasteiger partial charge in [0.15, 0.2) is 5.58 Å². The Bertz CT molecular complexity index is 556. The third-order valence-corrected chi connectivity index (χ3v) is 3.38. The summed E-state index contributed by atoms with van der Waals surface area (Å²) in [6.45, 7) is 2.15. The maximum atomic E-state index is 14.0. The highest BCUT2D eigenvalue weighted by Crippen LogP contribution is 2.31. The number of hydrogen-bond acceptors (Lipinski definition) is 2. The van der Waals surface area contributed by atoms with Gasteiger partial charge < -0.3 is 4.42 Å². The number of aromatic nitrogens is 1. The number of unbranched alkanes of at least 4 members (excludes halogenated alkanes) is 5. The number of nitrogens with zero attached hydrogens (tertiary/aromatic N) is 1. The van der Waals surface area contributed by atoms with Crippen LogP contribution in [0.1, 0.15) is 51.3 Å². The minimum absolute atomic E-state index is 0.389. The Morgan fingerprint density at radius 2 is 1.90 bits per heavy atom. The van der Waals surface area contributed by atoms with Crippen molar-refractivity contribution in [1.29, 1.82) is 0 Å². The van der Waals surface area contributed by atoms with E-state index in [-0.39, 0.29) is 0 Å². The zero-order chi connectivity index (χ0) is 15.1. The third-order valence-electron chi connectivity index (χ3n) is 3.38. The van der Waals surface area contributed by atoms with E-state index in [1.807, 2.05) is 0 Å². The molecule has 0 aliphatic carbocycles. The summed E-state index contributed by atoms with van der Waals surface area (Å²) in [5.74, 6) is -3.69. The van der Waals surface area contributed by atoms with Gasteiger partial charge in [-0.15, -0.1) is 0 Å². The second-order valence-corrected chi connectivity index (χ2v) is 5.21. The summed E-state index contributed by atoms with van der Waals surface area (Å²) in [5.41, 5.74) is 0.847. The van der Waals surface area contributed by atoms with Gasteiger partial charge in [0, 0.05) is 0 Å². The van der Waals surface area contributed by atoms with E-state index in [1.165, 1.54) is 25.3 Å². The normalized spacial score (nSPS) is 12.5. The van der Waals surface area contributed by atoms with Crippen molar-refractivity contribution in [3.8, 4) is 0 Å². The van der Waals surface area contributed by atoms with Gasteiger partial charge in [0.2, 0.25) is 0 Å². The molecule has 2 aromatic rings. The molecule has 0 saturated heterocycles. The van der Waals surface area contributed by atoms with Crippen molar-refractivity contribution in [3.05, 3.63) is 42.3 Å². The fourth-order valence-corrected chi connectivity index (χ4v) is 2.18. The van der Waals surface area contributed by atoms with E-state index in [4.69, 9.17) is 4.42 Å². The van der Waals surface area contributed by atoms with Crippen LogP contribution in [-0.4, -0.2) is 4.98 Å². The van der Waals surface area contributed by atoms with E-state index in [0.29, 0.717) is 17.5 Å². The van der Waals surface area contributed by atoms with Crippen LogP contribution in [0, 0.1) is 0 Å². The van der Waals surface area contributed by atoms with Gasteiger partial charge in [0.1, 0.15) is 5.52 Å². The molecule has 0 aliphatic heterocycles. The number of oxazole rings is 1. The third kappa shape index (κ3) is 4.38. The molecular formula is C17H21F2NO. The smallest absolute Gasteiger partial charge is 0.340 e. The summed E-state index contributed by atoms with van der Waals surface area (Å²) in [6, 6.07) is 6.79. The number of fused-ring (bicyclic) bond motifs is 1. The number of alkyl halides is 2. The van der Waals surface area contributed by atoms with Crippen molar-refractivity contribution in [2.45, 2.75) is 51.4 Å². The summed E-state index contributed by atoms with van der Waals surface area (Å²) in [4.78, 5) is 3.86. The Morgan fingerprint density at radius 1 is 1.14 bits per heavy atom. The summed E-state index contributed by atoms with van der Waals surface area (Å²) in [7, 11) is 0. The molecule has 0 spiro atoms. The van der Waals surface area contributed by atoms with Crippen LogP contribution < -0.4 is 0 Å². The minimum Gasteiger partial charge on any atom is -0.435 e. The number of hydrogen-bond donors (Lipinski definition) is 0. The van der Waals surface area contributed by atoms with E-state index in [2.05, 4.69) is 11.9 Å². The summed E-state index contributed by atoms with van der Waals surface area (Å²) in [6.07, 6.45) is 8.70. The molecule has 4 heteroatoms. The van der Waals surface area contributed by atoms with Gasteiger partial charge in [-0.05, 0) is 31.1 Å². The molecule has 0 amide bonds. The van der Waals surface area contributed by atoms with Gasteiger partial charge in [0.05, 0.1) is 0 Å². The Balaban J connectivity index is 1.91. The first kappa shape index (κ1) is 15.7. The first-order valence-electron chi connectivity index (χ1n) is 7.55. The molecule has 0 aliphatic rings. The van der Waals surface area contributed by atoms with Gasteiger partial charge in [-0.3, -0.25) is 0 Å². The van der Waals surface area contributed by atoms with Crippen LogP contribution in [0.5, 0.6) is 0 Å². The highest BCUT2D eigenvalue weighted by Gasteiger charge is 2.34. The molecule has 0 atom stereocenters. The van der Waals surface area contributed by atoms with Crippen LogP contribution in [-0.2, 0) is 5.92 Å². The summed E-state index contributed by atoms with van der Waals surface area (Å²) >= 11 is 0. The largest absolute Gasteiger partial charge is 0.435 e. The number of para-hydroxylation sites is 2. The van der Waals surface area contributed by atoms with Crippen LogP contribution in [0.15, 0.2) is 40.8 Å². The first-order chi connectivity index (χ1) is 10.1. The lowest BCUT2D eigenvalue weighted by Crippen LogP contribution is -2.09. The average Bonchev–Trinajstić information content (AvgIpc) is 2.91. The molecule has 0 N–H and O–H groups in total. The van der Waals surface area contributed by atoms with Crippen molar-refractivity contribution < 1.29 is 13.2 Å². The maximum absolute atomic E-state index is 14.0. The predicted molar refractivity (Wildman–Crippen MR) is 80.4 cm³/mol. The highest BCUT2D eigenvalue weighted by molar-refractivity contribution is 5.72. The fourth-order valence-electron chi connectivity index (χ4n) is 2.18. The van der Waals surface area contributed by atoms with Gasteiger partial charge in [0.25, 0.3) is 5.89 Å². The minimum atomic E-state index is -3.15. The highest BCUT2D eigenvalue weighted by atomic mass is 19.3. The zero-order valence-electron chi connectivity index (χ0n) is 12.3. The van der Waals surface area contributed by atoms with Crippen LogP contribution in [0.2, 0.25) is 0 Å². The number of halogens is 2. The molecule has 2 rings (SSSR count). The Kier molecular flexibility index (Phi) is 5.48. The van der Waals surface area contributed by atoms with Crippen molar-refractivity contribution in [2.24, 2.45) is 0 Å². The van der Waals surface area contributed by atoms with Crippen molar-refractivity contribution in [1.82, 2.24) is 4.98 Å². The van der Waals surface area contributed by atoms with Gasteiger partial charge in [-0.2, -0.15) is 8.78 Å². The van der Waals surface area contributed by atoms with Gasteiger partial charge in [-0.25, -0.2) is 4.98 Å². The van der Waals surface area contributed by atoms with Crippen molar-refractivity contribution in [3.63, 3.8) is 0 Å². The first-order valence-corrected chi connectivity index (χ1v) is 7.55. The molecule has 21 heavy (non-hydrogen) atoms. The van der Waals surface area contributed by atoms with E-state index in [0.717, 1.165) is 18.9 Å². The van der Waals surface area contributed by atoms with Crippen LogP contribution in [0.4, 0.5) is 8.78 Å². The molecule has 2 nitrogen and oxygen atoms in total. The number of benzene rings is 1. The van der Waals surface area contributed by atoms with Gasteiger partial charge in [-0.1, -0.05) is 50.8 Å². The molecular weight excluding hydrogens is 272 g/mol. The quantitative estimate of drug-likeness (QED) is 0.451. The van der Waals surface area contributed by atoms with E-state index in [1.54, 1.807) is 24.3 Å². The van der Waals surface area contributed by atoms with E-state index >= 15 is 0 Å². The zero-order valence-corrected chi connectivity index (χ0v) is 12.3. The lowest BCUT2D eigenvalue weighted by Gasteiger charge is -2.06. The number of allylic oxidation sites excluding steroid dienone is 2. The summed E-state index contributed by atoms with van der Waals surface area (Å²) < 4.78 is 33.1. The monoisotopic (exact) mass is 293 g/mol. The SMILES string of the molecule is CCCCCCCC=CC(F)(F)c1nc2ccccc2o1. The molecule has 114 valence electrons. The Hall–Kier alpha value is -1.71. The van der Waals surface area contributed by atoms with E-state index in [9.17, 15) is 8.78 Å². The number of rotatable bonds is 8. The van der Waals surface area contributed by atoms with Crippen molar-refractivity contribution in [2.75, 3.05) is 0 Å². The predicted octanol–water partition coefficient (Wildman–Crippen LogP) is 5.84. The molecule has 1 aromatic carbocycles.